The lowest BCUT2D eigenvalue weighted by atomic mass is 10.1. The van der Waals surface area contributed by atoms with Crippen molar-refractivity contribution in [1.29, 1.82) is 0 Å². The third-order valence-electron chi connectivity index (χ3n) is 3.39. The smallest absolute Gasteiger partial charge is 0.0480 e. The third kappa shape index (κ3) is 1.99. The van der Waals surface area contributed by atoms with Crippen LogP contribution in [0.4, 0.5) is 0 Å². The van der Waals surface area contributed by atoms with Crippen LogP contribution in [0.15, 0.2) is 24.3 Å². The van der Waals surface area contributed by atoms with Gasteiger partial charge in [0.15, 0.2) is 0 Å². The van der Waals surface area contributed by atoms with Crippen LogP contribution in [-0.4, -0.2) is 4.57 Å². The molecule has 1 heterocycles. The molecule has 0 radical (unpaired) electrons. The molecule has 0 aliphatic rings. The summed E-state index contributed by atoms with van der Waals surface area (Å²) in [5, 5.41) is 1.40. The standard InChI is InChI=1S/C15H21N/c1-4-6-7-12-8-9-15-13(10-12)11-14(5-2)16(15)3/h8-11H,4-7H2,1-3H3. The molecule has 0 spiro atoms. The summed E-state index contributed by atoms with van der Waals surface area (Å²) in [6.45, 7) is 4.46. The normalized spacial score (nSPS) is 11.2. The van der Waals surface area contributed by atoms with Crippen LogP contribution in [0.1, 0.15) is 37.9 Å². The highest BCUT2D eigenvalue weighted by Gasteiger charge is 2.04. The van der Waals surface area contributed by atoms with Gasteiger partial charge in [0, 0.05) is 23.6 Å². The second kappa shape index (κ2) is 4.73. The highest BCUT2D eigenvalue weighted by atomic mass is 14.9. The fourth-order valence-corrected chi connectivity index (χ4v) is 2.33. The zero-order chi connectivity index (χ0) is 11.5. The first-order chi connectivity index (χ1) is 7.76. The van der Waals surface area contributed by atoms with Crippen molar-refractivity contribution in [3.8, 4) is 0 Å². The maximum atomic E-state index is 2.35. The van der Waals surface area contributed by atoms with E-state index in [4.69, 9.17) is 0 Å². The first-order valence-electron chi connectivity index (χ1n) is 6.33. The molecule has 0 aliphatic carbocycles. The zero-order valence-electron chi connectivity index (χ0n) is 10.6. The fourth-order valence-electron chi connectivity index (χ4n) is 2.33. The molecular formula is C15H21N. The van der Waals surface area contributed by atoms with Gasteiger partial charge in [-0.05, 0) is 43.0 Å². The van der Waals surface area contributed by atoms with Crippen molar-refractivity contribution in [2.45, 2.75) is 39.5 Å². The number of aryl methyl sites for hydroxylation is 3. The topological polar surface area (TPSA) is 4.93 Å². The number of hydrogen-bond acceptors (Lipinski definition) is 0. The van der Waals surface area contributed by atoms with E-state index in [0.717, 1.165) is 6.42 Å². The summed E-state index contributed by atoms with van der Waals surface area (Å²) in [4.78, 5) is 0. The van der Waals surface area contributed by atoms with E-state index < -0.39 is 0 Å². The predicted molar refractivity (Wildman–Crippen MR) is 70.9 cm³/mol. The number of aromatic nitrogens is 1. The van der Waals surface area contributed by atoms with Crippen LogP contribution in [0.3, 0.4) is 0 Å². The van der Waals surface area contributed by atoms with E-state index >= 15 is 0 Å². The number of benzene rings is 1. The third-order valence-corrected chi connectivity index (χ3v) is 3.39. The van der Waals surface area contributed by atoms with Gasteiger partial charge in [-0.2, -0.15) is 0 Å². The number of nitrogens with zero attached hydrogens (tertiary/aromatic N) is 1. The monoisotopic (exact) mass is 215 g/mol. The molecule has 1 aromatic carbocycles. The van der Waals surface area contributed by atoms with Crippen LogP contribution < -0.4 is 0 Å². The lowest BCUT2D eigenvalue weighted by Gasteiger charge is -2.02. The van der Waals surface area contributed by atoms with Crippen molar-refractivity contribution in [2.24, 2.45) is 7.05 Å². The van der Waals surface area contributed by atoms with Gasteiger partial charge in [-0.1, -0.05) is 26.3 Å². The van der Waals surface area contributed by atoms with Gasteiger partial charge in [-0.25, -0.2) is 0 Å². The summed E-state index contributed by atoms with van der Waals surface area (Å²) < 4.78 is 2.30. The van der Waals surface area contributed by atoms with Crippen LogP contribution >= 0.6 is 0 Å². The van der Waals surface area contributed by atoms with Gasteiger partial charge in [0.25, 0.3) is 0 Å². The van der Waals surface area contributed by atoms with E-state index in [1.165, 1.54) is 41.4 Å². The maximum Gasteiger partial charge on any atom is 0.0480 e. The predicted octanol–water partition coefficient (Wildman–Crippen LogP) is 4.08. The van der Waals surface area contributed by atoms with Gasteiger partial charge in [0.1, 0.15) is 0 Å². The zero-order valence-corrected chi connectivity index (χ0v) is 10.6. The Morgan fingerprint density at radius 2 is 1.94 bits per heavy atom. The Labute approximate surface area is 98.1 Å². The Hall–Kier alpha value is -1.24. The molecule has 0 amide bonds. The molecule has 0 fully saturated rings. The maximum absolute atomic E-state index is 2.35. The minimum Gasteiger partial charge on any atom is -0.348 e. The van der Waals surface area contributed by atoms with Gasteiger partial charge >= 0.3 is 0 Å². The number of hydrogen-bond donors (Lipinski definition) is 0. The molecule has 1 heteroatoms. The van der Waals surface area contributed by atoms with Crippen molar-refractivity contribution in [1.82, 2.24) is 4.57 Å². The second-order valence-electron chi connectivity index (χ2n) is 4.54. The minimum absolute atomic E-state index is 1.11. The van der Waals surface area contributed by atoms with Gasteiger partial charge in [-0.3, -0.25) is 0 Å². The molecule has 1 nitrogen and oxygen atoms in total. The van der Waals surface area contributed by atoms with Crippen molar-refractivity contribution >= 4 is 10.9 Å². The average Bonchev–Trinajstić information content (AvgIpc) is 2.63. The summed E-state index contributed by atoms with van der Waals surface area (Å²) in [6, 6.07) is 9.21. The van der Waals surface area contributed by atoms with Crippen molar-refractivity contribution < 1.29 is 0 Å². The van der Waals surface area contributed by atoms with E-state index in [1.807, 2.05) is 0 Å². The quantitative estimate of drug-likeness (QED) is 0.724. The Kier molecular flexibility index (Phi) is 3.33. The van der Waals surface area contributed by atoms with E-state index in [1.54, 1.807) is 0 Å². The Balaban J connectivity index is 2.38. The first kappa shape index (κ1) is 11.3. The molecule has 0 N–H and O–H groups in total. The Bertz CT molecular complexity index is 479. The summed E-state index contributed by atoms with van der Waals surface area (Å²) in [5.41, 5.74) is 4.25. The van der Waals surface area contributed by atoms with Gasteiger partial charge < -0.3 is 4.57 Å². The molecule has 0 unspecified atom stereocenters. The van der Waals surface area contributed by atoms with Crippen molar-refractivity contribution in [3.05, 3.63) is 35.5 Å². The number of rotatable bonds is 4. The highest BCUT2D eigenvalue weighted by molar-refractivity contribution is 5.82. The molecule has 0 bridgehead atoms. The number of unbranched alkanes of at least 4 members (excludes halogenated alkanes) is 1. The molecule has 86 valence electrons. The second-order valence-corrected chi connectivity index (χ2v) is 4.54. The summed E-state index contributed by atoms with van der Waals surface area (Å²) in [5.74, 6) is 0. The average molecular weight is 215 g/mol. The number of fused-ring (bicyclic) bond motifs is 1. The molecule has 0 saturated heterocycles. The molecule has 2 aromatic rings. The Morgan fingerprint density at radius 1 is 1.12 bits per heavy atom. The van der Waals surface area contributed by atoms with Crippen molar-refractivity contribution in [3.63, 3.8) is 0 Å². The summed E-state index contributed by atoms with van der Waals surface area (Å²) in [6.07, 6.45) is 4.88. The Morgan fingerprint density at radius 3 is 2.62 bits per heavy atom. The summed E-state index contributed by atoms with van der Waals surface area (Å²) in [7, 11) is 2.16. The first-order valence-corrected chi connectivity index (χ1v) is 6.33. The van der Waals surface area contributed by atoms with Crippen LogP contribution in [0, 0.1) is 0 Å². The van der Waals surface area contributed by atoms with Gasteiger partial charge in [0.2, 0.25) is 0 Å². The molecule has 0 atom stereocenters. The fraction of sp³-hybridized carbons (Fsp3) is 0.467. The van der Waals surface area contributed by atoms with E-state index in [0.29, 0.717) is 0 Å². The lowest BCUT2D eigenvalue weighted by molar-refractivity contribution is 0.795. The largest absolute Gasteiger partial charge is 0.348 e. The molecule has 1 aromatic heterocycles. The van der Waals surface area contributed by atoms with Gasteiger partial charge in [0.05, 0.1) is 0 Å². The van der Waals surface area contributed by atoms with E-state index in [9.17, 15) is 0 Å². The van der Waals surface area contributed by atoms with Crippen molar-refractivity contribution in [2.75, 3.05) is 0 Å². The van der Waals surface area contributed by atoms with Crippen LogP contribution in [0.2, 0.25) is 0 Å². The molecule has 2 rings (SSSR count). The SMILES string of the molecule is CCCCc1ccc2c(c1)cc(CC)n2C. The van der Waals surface area contributed by atoms with Crippen LogP contribution in [-0.2, 0) is 19.9 Å². The molecule has 0 aliphatic heterocycles. The molecule has 16 heavy (non-hydrogen) atoms. The van der Waals surface area contributed by atoms with E-state index in [2.05, 4.69) is 49.7 Å². The van der Waals surface area contributed by atoms with Crippen LogP contribution in [0.5, 0.6) is 0 Å². The molecule has 0 saturated carbocycles. The van der Waals surface area contributed by atoms with E-state index in [-0.39, 0.29) is 0 Å². The van der Waals surface area contributed by atoms with Crippen LogP contribution in [0.25, 0.3) is 10.9 Å². The summed E-state index contributed by atoms with van der Waals surface area (Å²) >= 11 is 0. The molecular weight excluding hydrogens is 194 g/mol. The lowest BCUT2D eigenvalue weighted by Crippen LogP contribution is -1.93. The minimum atomic E-state index is 1.11. The highest BCUT2D eigenvalue weighted by Crippen LogP contribution is 2.21. The van der Waals surface area contributed by atoms with Gasteiger partial charge in [-0.15, -0.1) is 0 Å².